The molecule has 0 spiro atoms. The number of fused-ring (bicyclic) bond motifs is 1. The van der Waals surface area contributed by atoms with E-state index in [0.29, 0.717) is 31.1 Å². The summed E-state index contributed by atoms with van der Waals surface area (Å²) in [7, 11) is 0. The Balaban J connectivity index is 1.41. The van der Waals surface area contributed by atoms with Crippen LogP contribution in [-0.2, 0) is 4.79 Å². The first-order chi connectivity index (χ1) is 13.1. The van der Waals surface area contributed by atoms with Crippen molar-refractivity contribution in [3.8, 4) is 0 Å². The summed E-state index contributed by atoms with van der Waals surface area (Å²) in [5.74, 6) is -0.0337. The molecule has 1 aliphatic rings. The monoisotopic (exact) mass is 379 g/mol. The van der Waals surface area contributed by atoms with Crippen molar-refractivity contribution in [1.82, 2.24) is 9.88 Å². The predicted octanol–water partition coefficient (Wildman–Crippen LogP) is 4.10. The third-order valence-electron chi connectivity index (χ3n) is 5.02. The third-order valence-corrected chi connectivity index (χ3v) is 5.90. The van der Waals surface area contributed by atoms with Crippen LogP contribution in [0.15, 0.2) is 47.8 Å². The Bertz CT molecular complexity index is 985. The highest BCUT2D eigenvalue weighted by Crippen LogP contribution is 2.25. The van der Waals surface area contributed by atoms with Crippen molar-refractivity contribution in [3.63, 3.8) is 0 Å². The lowest BCUT2D eigenvalue weighted by Crippen LogP contribution is -2.41. The molecule has 5 nitrogen and oxygen atoms in total. The molecule has 3 aromatic rings. The molecule has 6 heteroatoms. The highest BCUT2D eigenvalue weighted by atomic mass is 32.1. The minimum Gasteiger partial charge on any atom is -0.339 e. The van der Waals surface area contributed by atoms with Crippen LogP contribution in [0.1, 0.15) is 28.9 Å². The summed E-state index contributed by atoms with van der Waals surface area (Å²) in [6, 6.07) is 13.8. The lowest BCUT2D eigenvalue weighted by Gasteiger charge is -2.31. The Kier molecular flexibility index (Phi) is 4.90. The van der Waals surface area contributed by atoms with Gasteiger partial charge >= 0.3 is 0 Å². The van der Waals surface area contributed by atoms with Gasteiger partial charge in [-0.2, -0.15) is 0 Å². The van der Waals surface area contributed by atoms with Gasteiger partial charge in [0.2, 0.25) is 5.91 Å². The van der Waals surface area contributed by atoms with Crippen molar-refractivity contribution < 1.29 is 9.59 Å². The zero-order valence-corrected chi connectivity index (χ0v) is 16.0. The summed E-state index contributed by atoms with van der Waals surface area (Å²) >= 11 is 1.44. The zero-order chi connectivity index (χ0) is 18.8. The number of aromatic nitrogens is 1. The van der Waals surface area contributed by atoms with Crippen LogP contribution in [0.25, 0.3) is 10.8 Å². The van der Waals surface area contributed by atoms with Crippen molar-refractivity contribution >= 4 is 39.1 Å². The maximum atomic E-state index is 13.0. The molecule has 1 aromatic heterocycles. The van der Waals surface area contributed by atoms with Crippen LogP contribution in [-0.4, -0.2) is 34.8 Å². The van der Waals surface area contributed by atoms with Crippen LogP contribution in [0, 0.1) is 12.8 Å². The van der Waals surface area contributed by atoms with E-state index in [1.54, 1.807) is 0 Å². The van der Waals surface area contributed by atoms with Crippen molar-refractivity contribution in [2.24, 2.45) is 5.92 Å². The Labute approximate surface area is 162 Å². The maximum absolute atomic E-state index is 13.0. The maximum Gasteiger partial charge on any atom is 0.254 e. The number of amides is 2. The van der Waals surface area contributed by atoms with E-state index in [-0.39, 0.29) is 17.7 Å². The van der Waals surface area contributed by atoms with E-state index in [1.165, 1.54) is 11.3 Å². The minimum absolute atomic E-state index is 0.00149. The van der Waals surface area contributed by atoms with Gasteiger partial charge in [-0.3, -0.25) is 9.59 Å². The van der Waals surface area contributed by atoms with Gasteiger partial charge in [-0.05, 0) is 36.6 Å². The van der Waals surface area contributed by atoms with Crippen LogP contribution in [0.5, 0.6) is 0 Å². The van der Waals surface area contributed by atoms with E-state index in [2.05, 4.69) is 10.3 Å². The minimum atomic E-state index is -0.0780. The molecule has 1 N–H and O–H groups in total. The number of rotatable bonds is 3. The van der Waals surface area contributed by atoms with Crippen molar-refractivity contribution in [1.29, 1.82) is 0 Å². The topological polar surface area (TPSA) is 62.3 Å². The quantitative estimate of drug-likeness (QED) is 0.745. The highest BCUT2D eigenvalue weighted by molar-refractivity contribution is 7.13. The normalized spacial score (nSPS) is 15.1. The second-order valence-electron chi connectivity index (χ2n) is 6.88. The zero-order valence-electron chi connectivity index (χ0n) is 15.1. The second kappa shape index (κ2) is 7.48. The fourth-order valence-corrected chi connectivity index (χ4v) is 4.24. The van der Waals surface area contributed by atoms with Gasteiger partial charge < -0.3 is 10.2 Å². The molecule has 1 fully saturated rings. The third kappa shape index (κ3) is 3.71. The highest BCUT2D eigenvalue weighted by Gasteiger charge is 2.28. The smallest absolute Gasteiger partial charge is 0.254 e. The van der Waals surface area contributed by atoms with E-state index in [9.17, 15) is 9.59 Å². The molecule has 1 aliphatic heterocycles. The first-order valence-corrected chi connectivity index (χ1v) is 10.00. The van der Waals surface area contributed by atoms with Crippen LogP contribution < -0.4 is 5.32 Å². The summed E-state index contributed by atoms with van der Waals surface area (Å²) in [6.45, 7) is 3.09. The van der Waals surface area contributed by atoms with Crippen molar-refractivity contribution in [2.75, 3.05) is 18.4 Å². The summed E-state index contributed by atoms with van der Waals surface area (Å²) in [6.07, 6.45) is 1.35. The van der Waals surface area contributed by atoms with Crippen LogP contribution in [0.3, 0.4) is 0 Å². The average molecular weight is 379 g/mol. The Hall–Kier alpha value is -2.73. The fraction of sp³-hybridized carbons (Fsp3) is 0.286. The van der Waals surface area contributed by atoms with Gasteiger partial charge in [0.25, 0.3) is 5.91 Å². The molecular formula is C21H21N3O2S. The molecule has 2 heterocycles. The van der Waals surface area contributed by atoms with Gasteiger partial charge in [0.15, 0.2) is 5.13 Å². The van der Waals surface area contributed by atoms with Gasteiger partial charge in [0.1, 0.15) is 0 Å². The largest absolute Gasteiger partial charge is 0.339 e. The van der Waals surface area contributed by atoms with Crippen molar-refractivity contribution in [2.45, 2.75) is 19.8 Å². The number of piperidine rings is 1. The Morgan fingerprint density at radius 2 is 1.85 bits per heavy atom. The van der Waals surface area contributed by atoms with Gasteiger partial charge in [0.05, 0.1) is 5.69 Å². The van der Waals surface area contributed by atoms with Gasteiger partial charge in [0, 0.05) is 30.0 Å². The molecule has 0 radical (unpaired) electrons. The molecule has 0 atom stereocenters. The van der Waals surface area contributed by atoms with Crippen molar-refractivity contribution in [3.05, 3.63) is 59.1 Å². The number of hydrogen-bond acceptors (Lipinski definition) is 4. The fourth-order valence-electron chi connectivity index (χ4n) is 3.55. The summed E-state index contributed by atoms with van der Waals surface area (Å²) in [4.78, 5) is 31.6. The molecule has 27 heavy (non-hydrogen) atoms. The molecule has 2 amide bonds. The average Bonchev–Trinajstić information content (AvgIpc) is 3.11. The first kappa shape index (κ1) is 17.7. The van der Waals surface area contributed by atoms with E-state index >= 15 is 0 Å². The Morgan fingerprint density at radius 3 is 2.59 bits per heavy atom. The number of likely N-dealkylation sites (tertiary alicyclic amines) is 1. The number of carbonyl (C=O) groups excluding carboxylic acids is 2. The summed E-state index contributed by atoms with van der Waals surface area (Å²) in [5.41, 5.74) is 1.64. The van der Waals surface area contributed by atoms with Gasteiger partial charge in [-0.15, -0.1) is 11.3 Å². The number of nitrogens with zero attached hydrogens (tertiary/aromatic N) is 2. The second-order valence-corrected chi connectivity index (χ2v) is 7.73. The number of nitrogens with one attached hydrogen (secondary N) is 1. The molecule has 1 saturated heterocycles. The number of benzene rings is 2. The predicted molar refractivity (Wildman–Crippen MR) is 108 cm³/mol. The van der Waals surface area contributed by atoms with Gasteiger partial charge in [-0.25, -0.2) is 4.98 Å². The molecule has 2 aromatic carbocycles. The first-order valence-electron chi connectivity index (χ1n) is 9.12. The molecule has 138 valence electrons. The summed E-state index contributed by atoms with van der Waals surface area (Å²) in [5, 5.41) is 7.50. The number of thiazole rings is 1. The van der Waals surface area contributed by atoms with E-state index in [0.717, 1.165) is 22.0 Å². The standard InChI is InChI=1S/C21H21N3O2S/c1-14-13-27-21(22-14)23-19(25)16-9-11-24(12-10-16)20(26)18-8-4-6-15-5-2-3-7-17(15)18/h2-8,13,16H,9-12H2,1H3,(H,22,23,25). The van der Waals surface area contributed by atoms with Crippen LogP contribution in [0.2, 0.25) is 0 Å². The Morgan fingerprint density at radius 1 is 1.11 bits per heavy atom. The van der Waals surface area contributed by atoms with Gasteiger partial charge in [-0.1, -0.05) is 36.4 Å². The number of carbonyl (C=O) groups is 2. The van der Waals surface area contributed by atoms with E-state index in [4.69, 9.17) is 0 Å². The molecular weight excluding hydrogens is 358 g/mol. The molecule has 0 bridgehead atoms. The number of hydrogen-bond donors (Lipinski definition) is 1. The molecule has 0 unspecified atom stereocenters. The SMILES string of the molecule is Cc1csc(NC(=O)C2CCN(C(=O)c3cccc4ccccc34)CC2)n1. The van der Waals surface area contributed by atoms with Crippen LogP contribution in [0.4, 0.5) is 5.13 Å². The summed E-state index contributed by atoms with van der Waals surface area (Å²) < 4.78 is 0. The van der Waals surface area contributed by atoms with Crippen LogP contribution >= 0.6 is 11.3 Å². The molecule has 0 aliphatic carbocycles. The van der Waals surface area contributed by atoms with E-state index < -0.39 is 0 Å². The lowest BCUT2D eigenvalue weighted by molar-refractivity contribution is -0.121. The van der Waals surface area contributed by atoms with E-state index in [1.807, 2.05) is 59.7 Å². The molecule has 0 saturated carbocycles. The number of aryl methyl sites for hydroxylation is 1. The number of anilines is 1. The molecule has 4 rings (SSSR count). The lowest BCUT2D eigenvalue weighted by atomic mass is 9.95.